The van der Waals surface area contributed by atoms with E-state index >= 15 is 0 Å². The number of ether oxygens (including phenoxy) is 2. The Labute approximate surface area is 143 Å². The van der Waals surface area contributed by atoms with Crippen LogP contribution in [-0.2, 0) is 11.2 Å². The number of thiazole rings is 1. The molecule has 2 unspecified atom stereocenters. The zero-order valence-corrected chi connectivity index (χ0v) is 14.3. The number of fused-ring (bicyclic) bond motifs is 3. The molecule has 1 aromatic carbocycles. The number of aromatic nitrogens is 1. The second kappa shape index (κ2) is 5.96. The summed E-state index contributed by atoms with van der Waals surface area (Å²) in [6.45, 7) is 2.87. The Morgan fingerprint density at radius 2 is 2.42 bits per heavy atom. The van der Waals surface area contributed by atoms with Gasteiger partial charge in [-0.1, -0.05) is 17.3 Å². The molecule has 7 heteroatoms. The second-order valence-electron chi connectivity index (χ2n) is 5.70. The lowest BCUT2D eigenvalue weighted by Gasteiger charge is -2.18. The van der Waals surface area contributed by atoms with Gasteiger partial charge in [-0.3, -0.25) is 4.90 Å². The van der Waals surface area contributed by atoms with Gasteiger partial charge >= 0.3 is 6.03 Å². The van der Waals surface area contributed by atoms with Crippen molar-refractivity contribution in [3.05, 3.63) is 17.7 Å². The molecule has 3 heterocycles. The third-order valence-corrected chi connectivity index (χ3v) is 5.27. The molecule has 2 aromatic rings. The molecule has 4 rings (SSSR count). The lowest BCUT2D eigenvalue weighted by Crippen LogP contribution is -2.38. The normalized spacial score (nSPS) is 22.1. The molecule has 0 bridgehead atoms. The molecule has 6 nitrogen and oxygen atoms in total. The molecule has 2 amide bonds. The van der Waals surface area contributed by atoms with Crippen LogP contribution in [0.15, 0.2) is 12.1 Å². The molecular formula is C17H17N3O3S. The summed E-state index contributed by atoms with van der Waals surface area (Å²) in [5, 5.41) is 3.60. The topological polar surface area (TPSA) is 63.7 Å². The summed E-state index contributed by atoms with van der Waals surface area (Å²) in [4.78, 5) is 18.9. The Balaban J connectivity index is 1.77. The maximum atomic E-state index is 12.5. The number of nitrogens with zero attached hydrogens (tertiary/aromatic N) is 2. The zero-order valence-electron chi connectivity index (χ0n) is 13.5. The highest BCUT2D eigenvalue weighted by atomic mass is 32.1. The van der Waals surface area contributed by atoms with E-state index in [1.807, 2.05) is 12.1 Å². The van der Waals surface area contributed by atoms with Crippen LogP contribution in [0.25, 0.3) is 10.2 Å². The van der Waals surface area contributed by atoms with E-state index in [9.17, 15) is 4.79 Å². The molecule has 124 valence electrons. The molecule has 1 saturated heterocycles. The molecule has 2 aliphatic heterocycles. The fourth-order valence-corrected chi connectivity index (χ4v) is 4.24. The third kappa shape index (κ3) is 2.30. The first-order chi connectivity index (χ1) is 11.7. The molecule has 2 aliphatic rings. The van der Waals surface area contributed by atoms with Crippen LogP contribution in [0.1, 0.15) is 12.5 Å². The average molecular weight is 343 g/mol. The number of hydrogen-bond donors (Lipinski definition) is 1. The van der Waals surface area contributed by atoms with Gasteiger partial charge in [-0.15, -0.1) is 5.92 Å². The van der Waals surface area contributed by atoms with Crippen LogP contribution in [0.5, 0.6) is 5.75 Å². The quantitative estimate of drug-likeness (QED) is 0.868. The smallest absolute Gasteiger partial charge is 0.325 e. The third-order valence-electron chi connectivity index (χ3n) is 4.25. The van der Waals surface area contributed by atoms with E-state index in [1.54, 1.807) is 18.9 Å². The van der Waals surface area contributed by atoms with Crippen LogP contribution in [0.3, 0.4) is 0 Å². The SMILES string of the molecule is CC#CC1C(COC)NC(=O)N1c1nc2c3c(ccc2s1)OCC3. The Morgan fingerprint density at radius 3 is 3.21 bits per heavy atom. The fraction of sp³-hybridized carbons (Fsp3) is 0.412. The molecule has 1 fully saturated rings. The van der Waals surface area contributed by atoms with Crippen molar-refractivity contribution >= 4 is 32.7 Å². The van der Waals surface area contributed by atoms with E-state index in [-0.39, 0.29) is 18.1 Å². The van der Waals surface area contributed by atoms with E-state index in [0.29, 0.717) is 18.3 Å². The molecule has 0 saturated carbocycles. The van der Waals surface area contributed by atoms with Crippen molar-refractivity contribution in [2.24, 2.45) is 0 Å². The van der Waals surface area contributed by atoms with Crippen molar-refractivity contribution in [2.75, 3.05) is 25.2 Å². The lowest BCUT2D eigenvalue weighted by molar-refractivity contribution is 0.172. The molecule has 0 radical (unpaired) electrons. The number of urea groups is 1. The van der Waals surface area contributed by atoms with Gasteiger partial charge < -0.3 is 14.8 Å². The standard InChI is InChI=1S/C17H17N3O3S/c1-3-4-12-11(9-22-2)18-16(21)20(12)17-19-15-10-7-8-23-13(10)5-6-14(15)24-17/h5-6,11-12H,7-9H2,1-2H3,(H,18,21). The number of amides is 2. The first-order valence-corrected chi connectivity index (χ1v) is 8.60. The van der Waals surface area contributed by atoms with Crippen LogP contribution in [-0.4, -0.2) is 43.4 Å². The van der Waals surface area contributed by atoms with Crippen molar-refractivity contribution in [3.63, 3.8) is 0 Å². The predicted octanol–water partition coefficient (Wildman–Crippen LogP) is 2.17. The summed E-state index contributed by atoms with van der Waals surface area (Å²) >= 11 is 1.50. The first kappa shape index (κ1) is 15.2. The summed E-state index contributed by atoms with van der Waals surface area (Å²) in [6.07, 6.45) is 0.854. The monoisotopic (exact) mass is 343 g/mol. The number of hydrogen-bond acceptors (Lipinski definition) is 5. The van der Waals surface area contributed by atoms with Gasteiger partial charge in [0.15, 0.2) is 5.13 Å². The number of rotatable bonds is 3. The first-order valence-electron chi connectivity index (χ1n) is 7.79. The Hall–Kier alpha value is -2.30. The van der Waals surface area contributed by atoms with Crippen LogP contribution in [0.4, 0.5) is 9.93 Å². The molecule has 0 aliphatic carbocycles. The number of carbonyl (C=O) groups excluding carboxylic acids is 1. The van der Waals surface area contributed by atoms with Crippen molar-refractivity contribution < 1.29 is 14.3 Å². The lowest BCUT2D eigenvalue weighted by atomic mass is 10.1. The molecule has 1 N–H and O–H groups in total. The predicted molar refractivity (Wildman–Crippen MR) is 92.7 cm³/mol. The molecule has 1 aromatic heterocycles. The van der Waals surface area contributed by atoms with Crippen LogP contribution < -0.4 is 15.0 Å². The minimum atomic E-state index is -0.285. The van der Waals surface area contributed by atoms with Gasteiger partial charge in [0, 0.05) is 19.1 Å². The highest BCUT2D eigenvalue weighted by molar-refractivity contribution is 7.22. The molecule has 2 atom stereocenters. The maximum Gasteiger partial charge on any atom is 0.325 e. The number of methoxy groups -OCH3 is 1. The van der Waals surface area contributed by atoms with E-state index < -0.39 is 0 Å². The highest BCUT2D eigenvalue weighted by Crippen LogP contribution is 2.38. The number of benzene rings is 1. The van der Waals surface area contributed by atoms with Crippen LogP contribution in [0.2, 0.25) is 0 Å². The summed E-state index contributed by atoms with van der Waals surface area (Å²) in [5.74, 6) is 6.92. The summed E-state index contributed by atoms with van der Waals surface area (Å²) < 4.78 is 11.9. The van der Waals surface area contributed by atoms with Gasteiger partial charge in [-0.05, 0) is 19.1 Å². The van der Waals surface area contributed by atoms with E-state index in [4.69, 9.17) is 14.5 Å². The Bertz CT molecular complexity index is 867. The molecule has 24 heavy (non-hydrogen) atoms. The van der Waals surface area contributed by atoms with Crippen molar-refractivity contribution in [2.45, 2.75) is 25.4 Å². The van der Waals surface area contributed by atoms with Gasteiger partial charge in [0.05, 0.1) is 29.5 Å². The number of nitrogens with one attached hydrogen (secondary N) is 1. The Kier molecular flexibility index (Phi) is 3.79. The summed E-state index contributed by atoms with van der Waals surface area (Å²) in [7, 11) is 1.62. The maximum absolute atomic E-state index is 12.5. The molecular weight excluding hydrogens is 326 g/mol. The van der Waals surface area contributed by atoms with Gasteiger partial charge in [-0.2, -0.15) is 0 Å². The van der Waals surface area contributed by atoms with E-state index in [1.165, 1.54) is 11.3 Å². The number of anilines is 1. The minimum Gasteiger partial charge on any atom is -0.493 e. The van der Waals surface area contributed by atoms with Crippen molar-refractivity contribution in [1.29, 1.82) is 0 Å². The van der Waals surface area contributed by atoms with Gasteiger partial charge in [0.2, 0.25) is 0 Å². The van der Waals surface area contributed by atoms with E-state index in [2.05, 4.69) is 17.2 Å². The number of carbonyl (C=O) groups is 1. The summed E-state index contributed by atoms with van der Waals surface area (Å²) in [6, 6.07) is 3.34. The van der Waals surface area contributed by atoms with Gasteiger partial charge in [0.1, 0.15) is 11.8 Å². The summed E-state index contributed by atoms with van der Waals surface area (Å²) in [5.41, 5.74) is 2.05. The zero-order chi connectivity index (χ0) is 16.7. The van der Waals surface area contributed by atoms with Crippen LogP contribution in [0, 0.1) is 11.8 Å². The minimum absolute atomic E-state index is 0.170. The van der Waals surface area contributed by atoms with Crippen molar-refractivity contribution in [1.82, 2.24) is 10.3 Å². The van der Waals surface area contributed by atoms with Gasteiger partial charge in [-0.25, -0.2) is 9.78 Å². The van der Waals surface area contributed by atoms with Crippen LogP contribution >= 0.6 is 11.3 Å². The average Bonchev–Trinajstić information content (AvgIpc) is 3.24. The van der Waals surface area contributed by atoms with E-state index in [0.717, 1.165) is 28.0 Å². The van der Waals surface area contributed by atoms with Gasteiger partial charge in [0.25, 0.3) is 0 Å². The Morgan fingerprint density at radius 1 is 1.54 bits per heavy atom. The molecule has 0 spiro atoms. The highest BCUT2D eigenvalue weighted by Gasteiger charge is 2.41. The van der Waals surface area contributed by atoms with Crippen molar-refractivity contribution in [3.8, 4) is 17.6 Å². The second-order valence-corrected chi connectivity index (χ2v) is 6.71. The largest absolute Gasteiger partial charge is 0.493 e. The fourth-order valence-electron chi connectivity index (χ4n) is 3.21.